The van der Waals surface area contributed by atoms with Crippen LogP contribution in [-0.4, -0.2) is 28.2 Å². The molecular formula is C14H10BrF3N4O. The monoisotopic (exact) mass is 386 g/mol. The van der Waals surface area contributed by atoms with Crippen molar-refractivity contribution < 1.29 is 17.9 Å². The molecule has 23 heavy (non-hydrogen) atoms. The molecule has 2 aromatic heterocycles. The maximum atomic E-state index is 12.2. The van der Waals surface area contributed by atoms with Gasteiger partial charge in [-0.15, -0.1) is 18.3 Å². The van der Waals surface area contributed by atoms with E-state index >= 15 is 0 Å². The van der Waals surface area contributed by atoms with Crippen LogP contribution >= 0.6 is 15.9 Å². The molecule has 0 atom stereocenters. The van der Waals surface area contributed by atoms with Crippen molar-refractivity contribution in [3.63, 3.8) is 0 Å². The molecule has 0 aliphatic heterocycles. The van der Waals surface area contributed by atoms with Gasteiger partial charge in [-0.2, -0.15) is 0 Å². The number of nitrogens with zero attached hydrogens (tertiary/aromatic N) is 3. The van der Waals surface area contributed by atoms with Crippen molar-refractivity contribution in [1.82, 2.24) is 14.8 Å². The molecule has 0 amide bonds. The number of halogens is 4. The van der Waals surface area contributed by atoms with Gasteiger partial charge >= 0.3 is 6.36 Å². The topological polar surface area (TPSA) is 52.0 Å². The van der Waals surface area contributed by atoms with Crippen LogP contribution in [0.1, 0.15) is 0 Å². The van der Waals surface area contributed by atoms with Gasteiger partial charge in [0.25, 0.3) is 0 Å². The Balaban J connectivity index is 2.05. The van der Waals surface area contributed by atoms with Gasteiger partial charge in [-0.25, -0.2) is 9.67 Å². The lowest BCUT2D eigenvalue weighted by Crippen LogP contribution is -2.17. The van der Waals surface area contributed by atoms with Gasteiger partial charge in [0.2, 0.25) is 0 Å². The van der Waals surface area contributed by atoms with Gasteiger partial charge in [0.1, 0.15) is 5.75 Å². The Kier molecular flexibility index (Phi) is 3.88. The van der Waals surface area contributed by atoms with Crippen LogP contribution in [-0.2, 0) is 0 Å². The van der Waals surface area contributed by atoms with E-state index in [-0.39, 0.29) is 5.75 Å². The second-order valence-corrected chi connectivity index (χ2v) is 5.40. The van der Waals surface area contributed by atoms with Crippen molar-refractivity contribution in [3.05, 3.63) is 41.0 Å². The third kappa shape index (κ3) is 3.09. The van der Waals surface area contributed by atoms with Crippen molar-refractivity contribution in [2.45, 2.75) is 6.36 Å². The Morgan fingerprint density at radius 3 is 2.48 bits per heavy atom. The zero-order valence-electron chi connectivity index (χ0n) is 11.7. The molecule has 0 fully saturated rings. The fourth-order valence-electron chi connectivity index (χ4n) is 2.15. The predicted octanol–water partition coefficient (Wildman–Crippen LogP) is 4.12. The molecule has 3 rings (SSSR count). The van der Waals surface area contributed by atoms with Gasteiger partial charge in [-0.05, 0) is 46.3 Å². The van der Waals surface area contributed by atoms with E-state index in [1.165, 1.54) is 24.3 Å². The van der Waals surface area contributed by atoms with Gasteiger partial charge in [0.15, 0.2) is 11.5 Å². The summed E-state index contributed by atoms with van der Waals surface area (Å²) in [6.07, 6.45) is -3.10. The molecule has 0 radical (unpaired) electrons. The van der Waals surface area contributed by atoms with E-state index in [4.69, 9.17) is 0 Å². The van der Waals surface area contributed by atoms with Crippen LogP contribution in [0, 0.1) is 0 Å². The summed E-state index contributed by atoms with van der Waals surface area (Å²) >= 11 is 3.44. The Hall–Kier alpha value is -2.29. The van der Waals surface area contributed by atoms with Crippen molar-refractivity contribution in [2.75, 3.05) is 12.4 Å². The first-order valence-electron chi connectivity index (χ1n) is 6.46. The first-order chi connectivity index (χ1) is 10.9. The molecule has 3 aromatic rings. The van der Waals surface area contributed by atoms with Crippen LogP contribution < -0.4 is 10.1 Å². The van der Waals surface area contributed by atoms with E-state index in [0.29, 0.717) is 17.2 Å². The van der Waals surface area contributed by atoms with Crippen LogP contribution in [0.3, 0.4) is 0 Å². The van der Waals surface area contributed by atoms with Crippen molar-refractivity contribution >= 4 is 32.8 Å². The fourth-order valence-corrected chi connectivity index (χ4v) is 2.63. The first kappa shape index (κ1) is 15.6. The van der Waals surface area contributed by atoms with Gasteiger partial charge in [-0.3, -0.25) is 0 Å². The second-order valence-electron chi connectivity index (χ2n) is 4.54. The Morgan fingerprint density at radius 2 is 1.87 bits per heavy atom. The number of nitrogens with one attached hydrogen (secondary N) is 1. The van der Waals surface area contributed by atoms with Crippen molar-refractivity contribution in [2.24, 2.45) is 0 Å². The lowest BCUT2D eigenvalue weighted by atomic mass is 10.3. The largest absolute Gasteiger partial charge is 0.573 e. The van der Waals surface area contributed by atoms with E-state index in [1.54, 1.807) is 24.0 Å². The molecule has 0 saturated carbocycles. The Morgan fingerprint density at radius 1 is 1.17 bits per heavy atom. The van der Waals surface area contributed by atoms with Crippen LogP contribution in [0.4, 0.5) is 19.0 Å². The number of ether oxygens (including phenoxy) is 1. The van der Waals surface area contributed by atoms with E-state index in [9.17, 15) is 13.2 Å². The number of pyridine rings is 1. The third-order valence-corrected chi connectivity index (χ3v) is 3.73. The summed E-state index contributed by atoms with van der Waals surface area (Å²) in [6.45, 7) is 0. The highest BCUT2D eigenvalue weighted by atomic mass is 79.9. The molecule has 120 valence electrons. The number of hydrogen-bond acceptors (Lipinski definition) is 4. The lowest BCUT2D eigenvalue weighted by Gasteiger charge is -2.09. The minimum atomic E-state index is -4.72. The number of hydrogen-bond donors (Lipinski definition) is 1. The summed E-state index contributed by atoms with van der Waals surface area (Å²) in [5, 5.41) is 8.14. The average molecular weight is 387 g/mol. The third-order valence-electron chi connectivity index (χ3n) is 3.07. The summed E-state index contributed by atoms with van der Waals surface area (Å²) in [5.41, 5.74) is 1.14. The summed E-state index contributed by atoms with van der Waals surface area (Å²) in [7, 11) is 1.73. The van der Waals surface area contributed by atoms with Gasteiger partial charge in [0.05, 0.1) is 11.1 Å². The molecule has 0 saturated heterocycles. The van der Waals surface area contributed by atoms with Crippen LogP contribution in [0.25, 0.3) is 16.7 Å². The molecule has 1 N–H and O–H groups in total. The molecule has 0 bridgehead atoms. The van der Waals surface area contributed by atoms with E-state index in [2.05, 4.69) is 36.1 Å². The zero-order chi connectivity index (χ0) is 16.6. The molecule has 0 unspecified atom stereocenters. The smallest absolute Gasteiger partial charge is 0.406 e. The number of rotatable bonds is 3. The summed E-state index contributed by atoms with van der Waals surface area (Å²) in [6, 6.07) is 7.21. The minimum absolute atomic E-state index is 0.291. The van der Waals surface area contributed by atoms with Gasteiger partial charge < -0.3 is 10.1 Å². The second kappa shape index (κ2) is 5.73. The van der Waals surface area contributed by atoms with Gasteiger partial charge in [-0.1, -0.05) is 0 Å². The normalized spacial score (nSPS) is 11.7. The van der Waals surface area contributed by atoms with Crippen molar-refractivity contribution in [3.8, 4) is 11.4 Å². The first-order valence-corrected chi connectivity index (χ1v) is 7.25. The maximum absolute atomic E-state index is 12.2. The summed E-state index contributed by atoms with van der Waals surface area (Å²) < 4.78 is 42.8. The average Bonchev–Trinajstić information content (AvgIpc) is 2.87. The van der Waals surface area contributed by atoms with E-state index in [1.807, 2.05) is 0 Å². The highest BCUT2D eigenvalue weighted by molar-refractivity contribution is 9.10. The number of alkyl halides is 3. The molecular weight excluding hydrogens is 377 g/mol. The molecule has 0 spiro atoms. The highest BCUT2D eigenvalue weighted by Crippen LogP contribution is 2.31. The van der Waals surface area contributed by atoms with Crippen LogP contribution in [0.5, 0.6) is 5.75 Å². The zero-order valence-corrected chi connectivity index (χ0v) is 13.3. The minimum Gasteiger partial charge on any atom is -0.406 e. The molecule has 1 aromatic carbocycles. The molecule has 2 heterocycles. The van der Waals surface area contributed by atoms with Crippen LogP contribution in [0.2, 0.25) is 0 Å². The predicted molar refractivity (Wildman–Crippen MR) is 82.8 cm³/mol. The van der Waals surface area contributed by atoms with E-state index in [0.717, 1.165) is 9.86 Å². The maximum Gasteiger partial charge on any atom is 0.573 e. The number of fused-ring (bicyclic) bond motifs is 1. The molecule has 0 aliphatic rings. The standard InChI is InChI=1S/C14H10BrF3N4O/c1-19-12-11-10(15)6-7-20-13(11)22(21-12)8-2-4-9(5-3-8)23-14(16,17)18/h2-7H,1H3,(H,19,21). The Bertz CT molecular complexity index is 846. The SMILES string of the molecule is CNc1nn(-c2ccc(OC(F)(F)F)cc2)c2nccc(Br)c12. The summed E-state index contributed by atoms with van der Waals surface area (Å²) in [5.74, 6) is 0.316. The number of anilines is 1. The quantitative estimate of drug-likeness (QED) is 0.735. The Labute approximate surface area is 137 Å². The molecule has 0 aliphatic carbocycles. The molecule has 9 heteroatoms. The van der Waals surface area contributed by atoms with E-state index < -0.39 is 6.36 Å². The molecule has 5 nitrogen and oxygen atoms in total. The van der Waals surface area contributed by atoms with Crippen molar-refractivity contribution in [1.29, 1.82) is 0 Å². The van der Waals surface area contributed by atoms with Crippen LogP contribution in [0.15, 0.2) is 41.0 Å². The fraction of sp³-hybridized carbons (Fsp3) is 0.143. The van der Waals surface area contributed by atoms with Gasteiger partial charge in [0, 0.05) is 17.7 Å². The highest BCUT2D eigenvalue weighted by Gasteiger charge is 2.31. The summed E-state index contributed by atoms with van der Waals surface area (Å²) in [4.78, 5) is 4.29. The lowest BCUT2D eigenvalue weighted by molar-refractivity contribution is -0.274. The number of benzene rings is 1. The number of aromatic nitrogens is 3.